The van der Waals surface area contributed by atoms with Crippen LogP contribution in [0.15, 0.2) is 42.5 Å². The van der Waals surface area contributed by atoms with Crippen molar-refractivity contribution in [2.24, 2.45) is 0 Å². The lowest BCUT2D eigenvalue weighted by Gasteiger charge is -2.15. The summed E-state index contributed by atoms with van der Waals surface area (Å²) in [5.41, 5.74) is -0.392. The van der Waals surface area contributed by atoms with E-state index in [0.717, 1.165) is 18.2 Å². The number of hydrogen-bond donors (Lipinski definition) is 2. The van der Waals surface area contributed by atoms with Gasteiger partial charge in [-0.2, -0.15) is 13.2 Å². The predicted octanol–water partition coefficient (Wildman–Crippen LogP) is 3.62. The Morgan fingerprint density at radius 2 is 1.92 bits per heavy atom. The van der Waals surface area contributed by atoms with Gasteiger partial charge in [0.15, 0.2) is 0 Å². The van der Waals surface area contributed by atoms with E-state index in [1.807, 2.05) is 0 Å². The van der Waals surface area contributed by atoms with Crippen LogP contribution in [-0.2, 0) is 6.18 Å². The van der Waals surface area contributed by atoms with Crippen LogP contribution in [-0.4, -0.2) is 17.6 Å². The summed E-state index contributed by atoms with van der Waals surface area (Å²) in [6, 6.07) is 8.18. The highest BCUT2D eigenvalue weighted by molar-refractivity contribution is 5.94. The van der Waals surface area contributed by atoms with E-state index in [2.05, 4.69) is 5.32 Å². The first-order valence-corrected chi connectivity index (χ1v) is 7.08. The fourth-order valence-electron chi connectivity index (χ4n) is 2.14. The molecule has 0 bridgehead atoms. The summed E-state index contributed by atoms with van der Waals surface area (Å²) in [6.07, 6.45) is -5.87. The fourth-order valence-corrected chi connectivity index (χ4v) is 2.14. The van der Waals surface area contributed by atoms with Gasteiger partial charge in [0.05, 0.1) is 17.2 Å². The van der Waals surface area contributed by atoms with Crippen LogP contribution in [0.4, 0.5) is 17.6 Å². The summed E-state index contributed by atoms with van der Waals surface area (Å²) in [7, 11) is 0. The first-order valence-electron chi connectivity index (χ1n) is 7.08. The Morgan fingerprint density at radius 3 is 2.58 bits per heavy atom. The highest BCUT2D eigenvalue weighted by Crippen LogP contribution is 2.30. The number of benzene rings is 2. The van der Waals surface area contributed by atoms with E-state index in [1.54, 1.807) is 6.92 Å². The number of amides is 1. The molecule has 1 atom stereocenters. The average molecular weight is 341 g/mol. The number of rotatable bonds is 4. The Morgan fingerprint density at radius 1 is 1.21 bits per heavy atom. The second-order valence-corrected chi connectivity index (χ2v) is 5.33. The molecule has 7 heteroatoms. The third-order valence-electron chi connectivity index (χ3n) is 3.42. The maximum Gasteiger partial charge on any atom is 0.416 e. The van der Waals surface area contributed by atoms with Crippen molar-refractivity contribution in [3.8, 4) is 0 Å². The number of aliphatic hydroxyl groups is 1. The van der Waals surface area contributed by atoms with Gasteiger partial charge in [0, 0.05) is 6.54 Å². The third-order valence-corrected chi connectivity index (χ3v) is 3.42. The minimum absolute atomic E-state index is 0.00911. The zero-order chi connectivity index (χ0) is 17.9. The second kappa shape index (κ2) is 7.00. The van der Waals surface area contributed by atoms with E-state index >= 15 is 0 Å². The molecule has 0 fully saturated rings. The lowest BCUT2D eigenvalue weighted by Crippen LogP contribution is -2.29. The van der Waals surface area contributed by atoms with Crippen molar-refractivity contribution in [1.82, 2.24) is 5.32 Å². The summed E-state index contributed by atoms with van der Waals surface area (Å²) in [6.45, 7) is 1.35. The normalized spacial score (nSPS) is 12.8. The van der Waals surface area contributed by atoms with Gasteiger partial charge < -0.3 is 10.4 Å². The van der Waals surface area contributed by atoms with Gasteiger partial charge in [0.1, 0.15) is 5.82 Å². The van der Waals surface area contributed by atoms with Gasteiger partial charge in [-0.3, -0.25) is 4.79 Å². The van der Waals surface area contributed by atoms with Crippen LogP contribution >= 0.6 is 0 Å². The zero-order valence-electron chi connectivity index (χ0n) is 12.7. The average Bonchev–Trinajstić information content (AvgIpc) is 2.54. The van der Waals surface area contributed by atoms with E-state index in [0.29, 0.717) is 5.56 Å². The fraction of sp³-hybridized carbons (Fsp3) is 0.235. The van der Waals surface area contributed by atoms with Crippen LogP contribution in [0.1, 0.15) is 33.2 Å². The molecule has 1 amide bonds. The number of hydrogen-bond acceptors (Lipinski definition) is 2. The Balaban J connectivity index is 2.06. The van der Waals surface area contributed by atoms with Crippen LogP contribution in [0.5, 0.6) is 0 Å². The molecule has 2 rings (SSSR count). The number of alkyl halides is 3. The molecular formula is C17H15F4NO2. The van der Waals surface area contributed by atoms with Gasteiger partial charge in [0.2, 0.25) is 0 Å². The van der Waals surface area contributed by atoms with Crippen LogP contribution in [0.25, 0.3) is 0 Å². The SMILES string of the molecule is Cc1ccc(F)c(C(=O)NCC(O)c2cccc(C(F)(F)F)c2)c1. The van der Waals surface area contributed by atoms with Crippen molar-refractivity contribution in [3.05, 3.63) is 70.5 Å². The molecule has 0 saturated heterocycles. The maximum atomic E-state index is 13.6. The van der Waals surface area contributed by atoms with Crippen LogP contribution in [0, 0.1) is 12.7 Å². The molecule has 2 aromatic rings. The summed E-state index contributed by atoms with van der Waals surface area (Å²) >= 11 is 0. The van der Waals surface area contributed by atoms with Crippen molar-refractivity contribution in [3.63, 3.8) is 0 Å². The number of nitrogens with one attached hydrogen (secondary N) is 1. The summed E-state index contributed by atoms with van der Waals surface area (Å²) < 4.78 is 51.6. The Bertz CT molecular complexity index is 744. The maximum absolute atomic E-state index is 13.6. The summed E-state index contributed by atoms with van der Waals surface area (Å²) in [4.78, 5) is 11.9. The molecule has 0 aliphatic carbocycles. The molecule has 24 heavy (non-hydrogen) atoms. The molecule has 2 aromatic carbocycles. The molecule has 0 aliphatic heterocycles. The molecule has 0 radical (unpaired) electrons. The van der Waals surface area contributed by atoms with Crippen LogP contribution in [0.3, 0.4) is 0 Å². The first kappa shape index (κ1) is 17.9. The Labute approximate surface area is 135 Å². The van der Waals surface area contributed by atoms with E-state index in [1.165, 1.54) is 24.3 Å². The largest absolute Gasteiger partial charge is 0.416 e. The van der Waals surface area contributed by atoms with Crippen molar-refractivity contribution in [1.29, 1.82) is 0 Å². The van der Waals surface area contributed by atoms with Crippen molar-refractivity contribution < 1.29 is 27.5 Å². The number of carbonyl (C=O) groups is 1. The summed E-state index contributed by atoms with van der Waals surface area (Å²) in [5.74, 6) is -1.46. The van der Waals surface area contributed by atoms with Gasteiger partial charge in [-0.05, 0) is 36.8 Å². The topological polar surface area (TPSA) is 49.3 Å². The van der Waals surface area contributed by atoms with Gasteiger partial charge in [-0.1, -0.05) is 23.8 Å². The molecule has 0 spiro atoms. The lowest BCUT2D eigenvalue weighted by atomic mass is 10.1. The number of aryl methyl sites for hydroxylation is 1. The Hall–Kier alpha value is -2.41. The Kier molecular flexibility index (Phi) is 5.23. The van der Waals surface area contributed by atoms with E-state index in [9.17, 15) is 27.5 Å². The van der Waals surface area contributed by atoms with E-state index < -0.39 is 29.6 Å². The minimum Gasteiger partial charge on any atom is -0.387 e. The second-order valence-electron chi connectivity index (χ2n) is 5.33. The third kappa shape index (κ3) is 4.32. The molecule has 0 aromatic heterocycles. The lowest BCUT2D eigenvalue weighted by molar-refractivity contribution is -0.137. The first-order chi connectivity index (χ1) is 11.2. The predicted molar refractivity (Wildman–Crippen MR) is 79.9 cm³/mol. The molecular weight excluding hydrogens is 326 g/mol. The molecule has 0 saturated carbocycles. The van der Waals surface area contributed by atoms with Gasteiger partial charge >= 0.3 is 6.18 Å². The molecule has 0 aliphatic rings. The monoisotopic (exact) mass is 341 g/mol. The van der Waals surface area contributed by atoms with Crippen LogP contribution in [0.2, 0.25) is 0 Å². The molecule has 0 heterocycles. The van der Waals surface area contributed by atoms with Crippen molar-refractivity contribution >= 4 is 5.91 Å². The van der Waals surface area contributed by atoms with E-state index in [4.69, 9.17) is 0 Å². The number of aliphatic hydroxyl groups excluding tert-OH is 1. The zero-order valence-corrected chi connectivity index (χ0v) is 12.7. The van der Waals surface area contributed by atoms with Crippen LogP contribution < -0.4 is 5.32 Å². The minimum atomic E-state index is -4.52. The summed E-state index contributed by atoms with van der Waals surface area (Å²) in [5, 5.41) is 12.3. The van der Waals surface area contributed by atoms with Gasteiger partial charge in [-0.25, -0.2) is 4.39 Å². The quantitative estimate of drug-likeness (QED) is 0.835. The smallest absolute Gasteiger partial charge is 0.387 e. The standard InChI is InChI=1S/C17H15F4NO2/c1-10-5-6-14(18)13(7-10)16(24)22-9-15(23)11-3-2-4-12(8-11)17(19,20)21/h2-8,15,23H,9H2,1H3,(H,22,24). The molecule has 128 valence electrons. The van der Waals surface area contributed by atoms with Crippen molar-refractivity contribution in [2.75, 3.05) is 6.54 Å². The molecule has 2 N–H and O–H groups in total. The number of halogens is 4. The van der Waals surface area contributed by atoms with E-state index in [-0.39, 0.29) is 17.7 Å². The highest BCUT2D eigenvalue weighted by atomic mass is 19.4. The van der Waals surface area contributed by atoms with Crippen molar-refractivity contribution in [2.45, 2.75) is 19.2 Å². The van der Waals surface area contributed by atoms with Gasteiger partial charge in [-0.15, -0.1) is 0 Å². The molecule has 1 unspecified atom stereocenters. The highest BCUT2D eigenvalue weighted by Gasteiger charge is 2.30. The number of carbonyl (C=O) groups excluding carboxylic acids is 1. The molecule has 3 nitrogen and oxygen atoms in total. The van der Waals surface area contributed by atoms with Gasteiger partial charge in [0.25, 0.3) is 5.91 Å².